The van der Waals surface area contributed by atoms with Crippen LogP contribution in [-0.2, 0) is 6.54 Å². The van der Waals surface area contributed by atoms with E-state index in [2.05, 4.69) is 36.0 Å². The molecule has 0 radical (unpaired) electrons. The number of piperidine rings is 1. The van der Waals surface area contributed by atoms with E-state index in [9.17, 15) is 0 Å². The van der Waals surface area contributed by atoms with Crippen molar-refractivity contribution in [3.63, 3.8) is 0 Å². The van der Waals surface area contributed by atoms with E-state index in [1.807, 2.05) is 13.1 Å². The quantitative estimate of drug-likeness (QED) is 0.838. The molecule has 0 unspecified atom stereocenters. The first kappa shape index (κ1) is 15.0. The monoisotopic (exact) mass is 330 g/mol. The van der Waals surface area contributed by atoms with Gasteiger partial charge in [-0.2, -0.15) is 0 Å². The third-order valence-corrected chi connectivity index (χ3v) is 5.47. The molecule has 2 aromatic heterocycles. The highest BCUT2D eigenvalue weighted by Gasteiger charge is 2.36. The second-order valence-electron chi connectivity index (χ2n) is 6.43. The van der Waals surface area contributed by atoms with Gasteiger partial charge in [0.05, 0.1) is 6.54 Å². The Hall–Kier alpha value is -1.60. The maximum Gasteiger partial charge on any atom is 0.132 e. The van der Waals surface area contributed by atoms with Gasteiger partial charge in [-0.15, -0.1) is 21.5 Å². The summed E-state index contributed by atoms with van der Waals surface area (Å²) in [4.78, 5) is 13.6. The smallest absolute Gasteiger partial charge is 0.132 e. The van der Waals surface area contributed by atoms with Crippen LogP contribution in [0.2, 0.25) is 0 Å². The number of hydrogen-bond acceptors (Lipinski definition) is 7. The molecule has 122 valence electrons. The minimum absolute atomic E-state index is 0.602. The maximum absolute atomic E-state index is 4.49. The van der Waals surface area contributed by atoms with Gasteiger partial charge in [-0.1, -0.05) is 0 Å². The van der Waals surface area contributed by atoms with E-state index in [0.29, 0.717) is 12.1 Å². The van der Waals surface area contributed by atoms with E-state index in [1.54, 1.807) is 17.7 Å². The van der Waals surface area contributed by atoms with Gasteiger partial charge >= 0.3 is 0 Å². The molecule has 23 heavy (non-hydrogen) atoms. The van der Waals surface area contributed by atoms with Crippen LogP contribution in [0, 0.1) is 6.92 Å². The van der Waals surface area contributed by atoms with Crippen molar-refractivity contribution in [1.82, 2.24) is 25.1 Å². The van der Waals surface area contributed by atoms with Gasteiger partial charge in [0.1, 0.15) is 22.2 Å². The highest BCUT2D eigenvalue weighted by Crippen LogP contribution is 2.35. The van der Waals surface area contributed by atoms with Gasteiger partial charge in [-0.25, -0.2) is 9.97 Å². The summed E-state index contributed by atoms with van der Waals surface area (Å²) >= 11 is 1.71. The molecule has 2 aliphatic rings. The van der Waals surface area contributed by atoms with Gasteiger partial charge in [0.15, 0.2) is 0 Å². The summed E-state index contributed by atoms with van der Waals surface area (Å²) in [6.07, 6.45) is 8.50. The molecule has 2 fully saturated rings. The summed E-state index contributed by atoms with van der Waals surface area (Å²) in [5, 5.41) is 10.6. The van der Waals surface area contributed by atoms with Crippen LogP contribution >= 0.6 is 11.3 Å². The third-order valence-electron chi connectivity index (χ3n) is 4.65. The van der Waals surface area contributed by atoms with E-state index in [1.165, 1.54) is 25.7 Å². The Morgan fingerprint density at radius 1 is 1.17 bits per heavy atom. The van der Waals surface area contributed by atoms with Gasteiger partial charge in [0.2, 0.25) is 0 Å². The molecule has 1 saturated heterocycles. The molecular weight excluding hydrogens is 308 g/mol. The SMILES string of the molecule is Cc1nnc(CN2CCC(N(c3ccncn3)C3CC3)CC2)s1. The average Bonchev–Trinajstić information content (AvgIpc) is 3.33. The Bertz CT molecular complexity index is 633. The van der Waals surface area contributed by atoms with Crippen LogP contribution in [0.3, 0.4) is 0 Å². The molecule has 1 aliphatic heterocycles. The number of rotatable bonds is 5. The van der Waals surface area contributed by atoms with E-state index in [4.69, 9.17) is 0 Å². The lowest BCUT2D eigenvalue weighted by Crippen LogP contribution is -2.46. The van der Waals surface area contributed by atoms with Crippen molar-refractivity contribution in [2.45, 2.75) is 51.2 Å². The van der Waals surface area contributed by atoms with Gasteiger partial charge in [0.25, 0.3) is 0 Å². The fraction of sp³-hybridized carbons (Fsp3) is 0.625. The molecule has 1 aliphatic carbocycles. The van der Waals surface area contributed by atoms with Crippen LogP contribution in [0.5, 0.6) is 0 Å². The van der Waals surface area contributed by atoms with Crippen molar-refractivity contribution in [2.75, 3.05) is 18.0 Å². The molecule has 1 saturated carbocycles. The summed E-state index contributed by atoms with van der Waals surface area (Å²) in [6, 6.07) is 3.34. The molecule has 6 nitrogen and oxygen atoms in total. The number of anilines is 1. The van der Waals surface area contributed by atoms with Gasteiger partial charge in [0, 0.05) is 31.4 Å². The molecule has 0 atom stereocenters. The van der Waals surface area contributed by atoms with Crippen molar-refractivity contribution < 1.29 is 0 Å². The molecule has 0 bridgehead atoms. The molecule has 4 rings (SSSR count). The first-order valence-corrected chi connectivity index (χ1v) is 9.17. The Morgan fingerprint density at radius 3 is 2.57 bits per heavy atom. The standard InChI is InChI=1S/C16H22N6S/c1-12-19-20-16(23-12)10-21-8-5-14(6-9-21)22(13-2-3-13)15-4-7-17-11-18-15/h4,7,11,13-14H,2-3,5-6,8-10H2,1H3. The molecule has 0 aromatic carbocycles. The third kappa shape index (κ3) is 3.50. The summed E-state index contributed by atoms with van der Waals surface area (Å²) in [5.74, 6) is 1.10. The molecule has 7 heteroatoms. The zero-order valence-electron chi connectivity index (χ0n) is 13.4. The van der Waals surface area contributed by atoms with E-state index in [-0.39, 0.29) is 0 Å². The van der Waals surface area contributed by atoms with E-state index in [0.717, 1.165) is 35.5 Å². The predicted molar refractivity (Wildman–Crippen MR) is 90.5 cm³/mol. The van der Waals surface area contributed by atoms with Crippen molar-refractivity contribution in [3.8, 4) is 0 Å². The summed E-state index contributed by atoms with van der Waals surface area (Å²) in [6.45, 7) is 5.20. The van der Waals surface area contributed by atoms with Crippen LogP contribution in [0.15, 0.2) is 18.6 Å². The van der Waals surface area contributed by atoms with Crippen LogP contribution in [0.1, 0.15) is 35.7 Å². The topological polar surface area (TPSA) is 58.0 Å². The Labute approximate surface area is 140 Å². The minimum atomic E-state index is 0.602. The highest BCUT2D eigenvalue weighted by molar-refractivity contribution is 7.11. The Balaban J connectivity index is 1.38. The number of hydrogen-bond donors (Lipinski definition) is 0. The number of likely N-dealkylation sites (tertiary alicyclic amines) is 1. The molecular formula is C16H22N6S. The lowest BCUT2D eigenvalue weighted by atomic mass is 10.0. The van der Waals surface area contributed by atoms with Crippen LogP contribution in [0.4, 0.5) is 5.82 Å². The van der Waals surface area contributed by atoms with Crippen molar-refractivity contribution in [1.29, 1.82) is 0 Å². The van der Waals surface area contributed by atoms with Crippen LogP contribution < -0.4 is 4.90 Å². The minimum Gasteiger partial charge on any atom is -0.350 e. The highest BCUT2D eigenvalue weighted by atomic mass is 32.1. The fourth-order valence-corrected chi connectivity index (χ4v) is 4.16. The van der Waals surface area contributed by atoms with Gasteiger partial charge < -0.3 is 4.90 Å². The maximum atomic E-state index is 4.49. The van der Waals surface area contributed by atoms with Gasteiger partial charge in [-0.3, -0.25) is 4.90 Å². The molecule has 0 N–H and O–H groups in total. The van der Waals surface area contributed by atoms with Crippen molar-refractivity contribution in [2.24, 2.45) is 0 Å². The fourth-order valence-electron chi connectivity index (χ4n) is 3.41. The number of nitrogens with zero attached hydrogens (tertiary/aromatic N) is 6. The van der Waals surface area contributed by atoms with Crippen LogP contribution in [0.25, 0.3) is 0 Å². The normalized spacial score (nSPS) is 19.9. The Kier molecular flexibility index (Phi) is 4.22. The second-order valence-corrected chi connectivity index (χ2v) is 7.69. The van der Waals surface area contributed by atoms with Crippen molar-refractivity contribution in [3.05, 3.63) is 28.6 Å². The summed E-state index contributed by atoms with van der Waals surface area (Å²) < 4.78 is 0. The first-order valence-electron chi connectivity index (χ1n) is 8.35. The first-order chi connectivity index (χ1) is 11.3. The number of aryl methyl sites for hydroxylation is 1. The van der Waals surface area contributed by atoms with E-state index >= 15 is 0 Å². The Morgan fingerprint density at radius 2 is 1.96 bits per heavy atom. The predicted octanol–water partition coefficient (Wildman–Crippen LogP) is 2.27. The second kappa shape index (κ2) is 6.49. The van der Waals surface area contributed by atoms with Crippen molar-refractivity contribution >= 4 is 17.2 Å². The molecule has 3 heterocycles. The molecule has 0 spiro atoms. The largest absolute Gasteiger partial charge is 0.350 e. The molecule has 0 amide bonds. The zero-order chi connectivity index (χ0) is 15.6. The van der Waals surface area contributed by atoms with Gasteiger partial charge in [-0.05, 0) is 38.7 Å². The van der Waals surface area contributed by atoms with Crippen LogP contribution in [-0.4, -0.2) is 50.2 Å². The summed E-state index contributed by atoms with van der Waals surface area (Å²) in [7, 11) is 0. The summed E-state index contributed by atoms with van der Waals surface area (Å²) in [5.41, 5.74) is 0. The zero-order valence-corrected chi connectivity index (χ0v) is 14.2. The number of aromatic nitrogens is 4. The molecule has 2 aromatic rings. The average molecular weight is 330 g/mol. The van der Waals surface area contributed by atoms with E-state index < -0.39 is 0 Å². The lowest BCUT2D eigenvalue weighted by Gasteiger charge is -2.39. The lowest BCUT2D eigenvalue weighted by molar-refractivity contribution is 0.200.